The zero-order chi connectivity index (χ0) is 11.1. The summed E-state index contributed by atoms with van der Waals surface area (Å²) in [6, 6.07) is 2.07. The van der Waals surface area contributed by atoms with E-state index < -0.39 is 0 Å². The molecule has 2 nitrogen and oxygen atoms in total. The molecule has 0 aliphatic carbocycles. The van der Waals surface area contributed by atoms with E-state index >= 15 is 0 Å². The zero-order valence-corrected chi connectivity index (χ0v) is 11.3. The summed E-state index contributed by atoms with van der Waals surface area (Å²) in [5.41, 5.74) is 1.07. The number of halogens is 1. The van der Waals surface area contributed by atoms with E-state index in [9.17, 15) is 0 Å². The van der Waals surface area contributed by atoms with Gasteiger partial charge in [-0.15, -0.1) is 11.3 Å². The van der Waals surface area contributed by atoms with Gasteiger partial charge in [-0.3, -0.25) is 0 Å². The summed E-state index contributed by atoms with van der Waals surface area (Å²) in [6.07, 6.45) is 0. The van der Waals surface area contributed by atoms with E-state index in [0.717, 1.165) is 25.3 Å². The molecule has 1 rings (SSSR count). The minimum Gasteiger partial charge on any atom is -0.376 e. The first-order chi connectivity index (χ1) is 7.20. The molecule has 0 amide bonds. The van der Waals surface area contributed by atoms with Gasteiger partial charge in [-0.1, -0.05) is 12.2 Å². The number of nitrogens with one attached hydrogen (secondary N) is 1. The lowest BCUT2D eigenvalue weighted by atomic mass is 10.4. The van der Waals surface area contributed by atoms with Gasteiger partial charge in [0.15, 0.2) is 0 Å². The van der Waals surface area contributed by atoms with Gasteiger partial charge < -0.3 is 10.1 Å². The molecule has 1 heterocycles. The third-order valence-electron chi connectivity index (χ3n) is 1.75. The van der Waals surface area contributed by atoms with E-state index in [1.54, 1.807) is 11.3 Å². The molecule has 0 saturated heterocycles. The monoisotopic (exact) mass is 289 g/mol. The summed E-state index contributed by atoms with van der Waals surface area (Å²) < 4.78 is 6.56. The van der Waals surface area contributed by atoms with E-state index in [4.69, 9.17) is 4.74 Å². The van der Waals surface area contributed by atoms with Gasteiger partial charge in [0.1, 0.15) is 0 Å². The quantitative estimate of drug-likeness (QED) is 0.615. The van der Waals surface area contributed by atoms with Crippen LogP contribution >= 0.6 is 27.3 Å². The molecule has 1 aromatic heterocycles. The fraction of sp³-hybridized carbons (Fsp3) is 0.455. The first-order valence-electron chi connectivity index (χ1n) is 4.85. The summed E-state index contributed by atoms with van der Waals surface area (Å²) in [5.74, 6) is 0. The number of ether oxygens (including phenoxy) is 1. The van der Waals surface area contributed by atoms with Gasteiger partial charge in [0.05, 0.1) is 13.2 Å². The molecule has 0 aromatic carbocycles. The predicted octanol–water partition coefficient (Wildman–Crippen LogP) is 3.19. The average Bonchev–Trinajstić information content (AvgIpc) is 2.57. The van der Waals surface area contributed by atoms with Gasteiger partial charge in [0, 0.05) is 22.4 Å². The van der Waals surface area contributed by atoms with Crippen molar-refractivity contribution in [2.45, 2.75) is 13.5 Å². The SMILES string of the molecule is C=C(C)COCCNCc1sccc1Br. The smallest absolute Gasteiger partial charge is 0.0672 e. The van der Waals surface area contributed by atoms with Crippen molar-refractivity contribution in [3.63, 3.8) is 0 Å². The molecule has 84 valence electrons. The van der Waals surface area contributed by atoms with Crippen LogP contribution < -0.4 is 5.32 Å². The van der Waals surface area contributed by atoms with Crippen molar-refractivity contribution in [1.29, 1.82) is 0 Å². The Labute approximate surface area is 103 Å². The maximum Gasteiger partial charge on any atom is 0.0672 e. The zero-order valence-electron chi connectivity index (χ0n) is 8.88. The largest absolute Gasteiger partial charge is 0.376 e. The van der Waals surface area contributed by atoms with Crippen LogP contribution in [0.15, 0.2) is 28.1 Å². The van der Waals surface area contributed by atoms with Crippen molar-refractivity contribution in [3.8, 4) is 0 Å². The molecule has 0 fully saturated rings. The van der Waals surface area contributed by atoms with Gasteiger partial charge >= 0.3 is 0 Å². The first kappa shape index (κ1) is 12.9. The van der Waals surface area contributed by atoms with Crippen molar-refractivity contribution in [3.05, 3.63) is 32.9 Å². The third-order valence-corrected chi connectivity index (χ3v) is 3.67. The Morgan fingerprint density at radius 3 is 3.07 bits per heavy atom. The van der Waals surface area contributed by atoms with Crippen LogP contribution in [0.5, 0.6) is 0 Å². The molecule has 0 bridgehead atoms. The average molecular weight is 290 g/mol. The van der Waals surface area contributed by atoms with Gasteiger partial charge in [-0.2, -0.15) is 0 Å². The fourth-order valence-corrected chi connectivity index (χ4v) is 2.51. The van der Waals surface area contributed by atoms with Crippen LogP contribution in [0.25, 0.3) is 0 Å². The summed E-state index contributed by atoms with van der Waals surface area (Å²) >= 11 is 5.25. The van der Waals surface area contributed by atoms with E-state index in [-0.39, 0.29) is 0 Å². The van der Waals surface area contributed by atoms with Crippen molar-refractivity contribution in [2.24, 2.45) is 0 Å². The normalized spacial score (nSPS) is 10.5. The third kappa shape index (κ3) is 5.47. The molecule has 0 unspecified atom stereocenters. The molecule has 1 N–H and O–H groups in total. The van der Waals surface area contributed by atoms with E-state index in [2.05, 4.69) is 39.3 Å². The second-order valence-electron chi connectivity index (χ2n) is 3.38. The van der Waals surface area contributed by atoms with Crippen LogP contribution in [0.4, 0.5) is 0 Å². The number of hydrogen-bond donors (Lipinski definition) is 1. The van der Waals surface area contributed by atoms with Gasteiger partial charge in [-0.05, 0) is 34.3 Å². The van der Waals surface area contributed by atoms with Gasteiger partial charge in [-0.25, -0.2) is 0 Å². The lowest BCUT2D eigenvalue weighted by Gasteiger charge is -2.05. The number of hydrogen-bond acceptors (Lipinski definition) is 3. The minimum atomic E-state index is 0.657. The lowest BCUT2D eigenvalue weighted by Crippen LogP contribution is -2.19. The van der Waals surface area contributed by atoms with Crippen LogP contribution in [-0.2, 0) is 11.3 Å². The Morgan fingerprint density at radius 1 is 1.67 bits per heavy atom. The van der Waals surface area contributed by atoms with Gasteiger partial charge in [0.25, 0.3) is 0 Å². The Hall–Kier alpha value is -0.160. The van der Waals surface area contributed by atoms with E-state index in [1.807, 2.05) is 6.92 Å². The molecule has 0 aliphatic heterocycles. The van der Waals surface area contributed by atoms with Crippen LogP contribution in [0, 0.1) is 0 Å². The molecule has 0 spiro atoms. The maximum atomic E-state index is 5.37. The lowest BCUT2D eigenvalue weighted by molar-refractivity contribution is 0.158. The Kier molecular flexibility index (Phi) is 6.17. The summed E-state index contributed by atoms with van der Waals surface area (Å²) in [6.45, 7) is 8.90. The Morgan fingerprint density at radius 2 is 2.47 bits per heavy atom. The van der Waals surface area contributed by atoms with Crippen molar-refractivity contribution in [1.82, 2.24) is 5.32 Å². The molecule has 0 saturated carbocycles. The summed E-state index contributed by atoms with van der Waals surface area (Å²) in [7, 11) is 0. The van der Waals surface area contributed by atoms with Crippen molar-refractivity contribution in [2.75, 3.05) is 19.8 Å². The molecular weight excluding hydrogens is 274 g/mol. The molecule has 0 radical (unpaired) electrons. The van der Waals surface area contributed by atoms with Crippen LogP contribution in [-0.4, -0.2) is 19.8 Å². The van der Waals surface area contributed by atoms with Crippen LogP contribution in [0.3, 0.4) is 0 Å². The molecule has 0 aliphatic rings. The van der Waals surface area contributed by atoms with Crippen LogP contribution in [0.1, 0.15) is 11.8 Å². The Balaban J connectivity index is 2.03. The highest BCUT2D eigenvalue weighted by atomic mass is 79.9. The van der Waals surface area contributed by atoms with Crippen molar-refractivity contribution >= 4 is 27.3 Å². The molecule has 4 heteroatoms. The first-order valence-corrected chi connectivity index (χ1v) is 6.52. The van der Waals surface area contributed by atoms with E-state index in [0.29, 0.717) is 6.61 Å². The maximum absolute atomic E-state index is 5.37. The molecule has 15 heavy (non-hydrogen) atoms. The van der Waals surface area contributed by atoms with E-state index in [1.165, 1.54) is 9.35 Å². The fourth-order valence-electron chi connectivity index (χ4n) is 1.04. The topological polar surface area (TPSA) is 21.3 Å². The highest BCUT2D eigenvalue weighted by molar-refractivity contribution is 9.10. The second-order valence-corrected chi connectivity index (χ2v) is 5.23. The number of thiophene rings is 1. The number of rotatable bonds is 7. The predicted molar refractivity (Wildman–Crippen MR) is 69.4 cm³/mol. The van der Waals surface area contributed by atoms with Crippen LogP contribution in [0.2, 0.25) is 0 Å². The van der Waals surface area contributed by atoms with Crippen molar-refractivity contribution < 1.29 is 4.74 Å². The highest BCUT2D eigenvalue weighted by Gasteiger charge is 1.99. The molecule has 0 atom stereocenters. The summed E-state index contributed by atoms with van der Waals surface area (Å²) in [4.78, 5) is 1.33. The molecule has 1 aromatic rings. The minimum absolute atomic E-state index is 0.657. The summed E-state index contributed by atoms with van der Waals surface area (Å²) in [5, 5.41) is 5.41. The highest BCUT2D eigenvalue weighted by Crippen LogP contribution is 2.21. The second kappa shape index (κ2) is 7.17. The standard InChI is InChI=1S/C11H16BrNOS/c1-9(2)8-14-5-4-13-7-11-10(12)3-6-15-11/h3,6,13H,1,4-5,7-8H2,2H3. The molecular formula is C11H16BrNOS. The van der Waals surface area contributed by atoms with Gasteiger partial charge in [0.2, 0.25) is 0 Å². The Bertz CT molecular complexity index is 311.